The van der Waals surface area contributed by atoms with Gasteiger partial charge in [0.05, 0.1) is 6.42 Å². The van der Waals surface area contributed by atoms with Crippen molar-refractivity contribution in [3.8, 4) is 0 Å². The number of hydrogen-bond acceptors (Lipinski definition) is 2. The molecule has 28 heavy (non-hydrogen) atoms. The van der Waals surface area contributed by atoms with Crippen molar-refractivity contribution < 1.29 is 9.59 Å². The third-order valence-corrected chi connectivity index (χ3v) is 4.82. The maximum absolute atomic E-state index is 12.2. The molecule has 0 aliphatic heterocycles. The topological polar surface area (TPSA) is 70.2 Å². The van der Waals surface area contributed by atoms with Gasteiger partial charge in [-0.1, -0.05) is 30.3 Å². The lowest BCUT2D eigenvalue weighted by atomic mass is 10.1. The van der Waals surface area contributed by atoms with Crippen LogP contribution in [0.1, 0.15) is 11.1 Å². The Bertz CT molecular complexity index is 970. The van der Waals surface area contributed by atoms with Gasteiger partial charge in [0.1, 0.15) is 0 Å². The first-order valence-corrected chi connectivity index (χ1v) is 9.85. The molecule has 5 nitrogen and oxygen atoms in total. The smallest absolute Gasteiger partial charge is 0.323 e. The minimum absolute atomic E-state index is 0.0841. The molecule has 0 saturated heterocycles. The Morgan fingerprint density at radius 1 is 0.786 bits per heavy atom. The molecule has 0 radical (unpaired) electrons. The second kappa shape index (κ2) is 9.36. The van der Waals surface area contributed by atoms with Gasteiger partial charge < -0.3 is 16.0 Å². The van der Waals surface area contributed by atoms with Crippen LogP contribution in [-0.4, -0.2) is 11.9 Å². The molecule has 142 valence electrons. The highest BCUT2D eigenvalue weighted by Gasteiger charge is 2.07. The number of para-hydroxylation sites is 1. The van der Waals surface area contributed by atoms with E-state index in [1.807, 2.05) is 67.6 Å². The molecule has 0 aliphatic carbocycles. The fourth-order valence-electron chi connectivity index (χ4n) is 2.63. The number of carbonyl (C=O) groups is 2. The minimum Gasteiger partial charge on any atom is -0.326 e. The summed E-state index contributed by atoms with van der Waals surface area (Å²) in [5.41, 5.74) is 4.06. The molecule has 6 heteroatoms. The summed E-state index contributed by atoms with van der Waals surface area (Å²) in [4.78, 5) is 24.3. The Morgan fingerprint density at radius 3 is 2.07 bits per heavy atom. The molecule has 0 fully saturated rings. The summed E-state index contributed by atoms with van der Waals surface area (Å²) in [5, 5.41) is 8.49. The average Bonchev–Trinajstić information content (AvgIpc) is 2.67. The zero-order valence-electron chi connectivity index (χ0n) is 15.3. The normalized spacial score (nSPS) is 10.2. The molecular weight excluding hydrogens is 465 g/mol. The fraction of sp³-hybridized carbons (Fsp3) is 0.0909. The van der Waals surface area contributed by atoms with Crippen molar-refractivity contribution in [2.75, 3.05) is 16.0 Å². The highest BCUT2D eigenvalue weighted by Crippen LogP contribution is 2.16. The van der Waals surface area contributed by atoms with Crippen LogP contribution in [-0.2, 0) is 11.2 Å². The highest BCUT2D eigenvalue weighted by molar-refractivity contribution is 14.1. The highest BCUT2D eigenvalue weighted by atomic mass is 127. The van der Waals surface area contributed by atoms with Crippen molar-refractivity contribution in [2.24, 2.45) is 0 Å². The van der Waals surface area contributed by atoms with Crippen molar-refractivity contribution >= 4 is 51.6 Å². The molecule has 0 spiro atoms. The number of amides is 3. The number of anilines is 3. The first kappa shape index (κ1) is 19.9. The number of hydrogen-bond donors (Lipinski definition) is 3. The van der Waals surface area contributed by atoms with Crippen LogP contribution in [0.2, 0.25) is 0 Å². The van der Waals surface area contributed by atoms with Gasteiger partial charge in [0.15, 0.2) is 0 Å². The summed E-state index contributed by atoms with van der Waals surface area (Å²) in [7, 11) is 0. The molecule has 0 aromatic heterocycles. The Balaban J connectivity index is 1.53. The fourth-order valence-corrected chi connectivity index (χ4v) is 2.99. The van der Waals surface area contributed by atoms with Gasteiger partial charge in [-0.05, 0) is 83.1 Å². The molecule has 3 aromatic carbocycles. The quantitative estimate of drug-likeness (QED) is 0.422. The lowest BCUT2D eigenvalue weighted by Crippen LogP contribution is -2.20. The van der Waals surface area contributed by atoms with Crippen LogP contribution in [0.5, 0.6) is 0 Å². The van der Waals surface area contributed by atoms with Crippen LogP contribution in [0.25, 0.3) is 0 Å². The number of nitrogens with one attached hydrogen (secondary N) is 3. The van der Waals surface area contributed by atoms with Gasteiger partial charge in [0.2, 0.25) is 5.91 Å². The van der Waals surface area contributed by atoms with Crippen LogP contribution in [0, 0.1) is 10.5 Å². The van der Waals surface area contributed by atoms with Crippen molar-refractivity contribution in [3.63, 3.8) is 0 Å². The number of urea groups is 1. The van der Waals surface area contributed by atoms with Crippen LogP contribution in [0.3, 0.4) is 0 Å². The molecule has 3 N–H and O–H groups in total. The number of aryl methyl sites for hydroxylation is 1. The standard InChI is InChI=1S/C22H20IN3O2/c1-15-4-2-3-5-20(15)26-22(28)25-19-10-6-16(7-11-19)14-21(27)24-18-12-8-17(23)9-13-18/h2-13H,14H2,1H3,(H,24,27)(H2,25,26,28). The lowest BCUT2D eigenvalue weighted by Gasteiger charge is -2.10. The van der Waals surface area contributed by atoms with Gasteiger partial charge in [0.25, 0.3) is 0 Å². The summed E-state index contributed by atoms with van der Waals surface area (Å²) in [6, 6.07) is 22.1. The van der Waals surface area contributed by atoms with Gasteiger partial charge in [0, 0.05) is 20.6 Å². The summed E-state index contributed by atoms with van der Waals surface area (Å²) in [6.45, 7) is 1.94. The molecule has 3 aromatic rings. The maximum Gasteiger partial charge on any atom is 0.323 e. The Kier molecular flexibility index (Phi) is 6.65. The van der Waals surface area contributed by atoms with E-state index in [-0.39, 0.29) is 18.4 Å². The molecule has 0 bridgehead atoms. The van der Waals surface area contributed by atoms with Gasteiger partial charge in [-0.2, -0.15) is 0 Å². The third kappa shape index (κ3) is 5.82. The van der Waals surface area contributed by atoms with Gasteiger partial charge >= 0.3 is 6.03 Å². The summed E-state index contributed by atoms with van der Waals surface area (Å²) in [6.07, 6.45) is 0.266. The van der Waals surface area contributed by atoms with Crippen molar-refractivity contribution in [3.05, 3.63) is 87.5 Å². The summed E-state index contributed by atoms with van der Waals surface area (Å²) < 4.78 is 1.12. The van der Waals surface area contributed by atoms with E-state index in [4.69, 9.17) is 0 Å². The van der Waals surface area contributed by atoms with Crippen molar-refractivity contribution in [1.29, 1.82) is 0 Å². The predicted octanol–water partition coefficient (Wildman–Crippen LogP) is 5.42. The first-order chi connectivity index (χ1) is 13.5. The predicted molar refractivity (Wildman–Crippen MR) is 122 cm³/mol. The minimum atomic E-state index is -0.307. The van der Waals surface area contributed by atoms with E-state index >= 15 is 0 Å². The zero-order valence-corrected chi connectivity index (χ0v) is 17.5. The second-order valence-corrected chi connectivity index (χ2v) is 7.57. The van der Waals surface area contributed by atoms with Crippen LogP contribution < -0.4 is 16.0 Å². The molecule has 0 saturated carbocycles. The van der Waals surface area contributed by atoms with Crippen LogP contribution in [0.15, 0.2) is 72.8 Å². The first-order valence-electron chi connectivity index (χ1n) is 8.77. The molecular formula is C22H20IN3O2. The van der Waals surface area contributed by atoms with Gasteiger partial charge in [-0.15, -0.1) is 0 Å². The van der Waals surface area contributed by atoms with E-state index in [1.54, 1.807) is 12.1 Å². The van der Waals surface area contributed by atoms with Crippen molar-refractivity contribution in [1.82, 2.24) is 0 Å². The Labute approximate surface area is 177 Å². The number of halogens is 1. The van der Waals surface area contributed by atoms with Crippen molar-refractivity contribution in [2.45, 2.75) is 13.3 Å². The number of carbonyl (C=O) groups excluding carboxylic acids is 2. The lowest BCUT2D eigenvalue weighted by molar-refractivity contribution is -0.115. The molecule has 0 atom stereocenters. The van der Waals surface area contributed by atoms with E-state index in [0.717, 1.165) is 26.1 Å². The number of benzene rings is 3. The van der Waals surface area contributed by atoms with E-state index in [2.05, 4.69) is 38.5 Å². The molecule has 3 rings (SSSR count). The molecule has 0 unspecified atom stereocenters. The maximum atomic E-state index is 12.2. The van der Waals surface area contributed by atoms with Gasteiger partial charge in [-0.3, -0.25) is 4.79 Å². The summed E-state index contributed by atoms with van der Waals surface area (Å²) in [5.74, 6) is -0.0841. The monoisotopic (exact) mass is 485 g/mol. The van der Waals surface area contributed by atoms with Crippen LogP contribution in [0.4, 0.5) is 21.9 Å². The van der Waals surface area contributed by atoms with Crippen LogP contribution >= 0.6 is 22.6 Å². The van der Waals surface area contributed by atoms with E-state index < -0.39 is 0 Å². The van der Waals surface area contributed by atoms with E-state index in [1.165, 1.54) is 0 Å². The average molecular weight is 485 g/mol. The third-order valence-electron chi connectivity index (χ3n) is 4.10. The number of rotatable bonds is 5. The zero-order chi connectivity index (χ0) is 19.9. The Hall–Kier alpha value is -2.87. The van der Waals surface area contributed by atoms with E-state index in [0.29, 0.717) is 5.69 Å². The molecule has 0 aliphatic rings. The second-order valence-electron chi connectivity index (χ2n) is 6.32. The van der Waals surface area contributed by atoms with E-state index in [9.17, 15) is 9.59 Å². The molecule has 0 heterocycles. The SMILES string of the molecule is Cc1ccccc1NC(=O)Nc1ccc(CC(=O)Nc2ccc(I)cc2)cc1. The summed E-state index contributed by atoms with van der Waals surface area (Å²) >= 11 is 2.22. The molecule has 3 amide bonds. The Morgan fingerprint density at radius 2 is 1.39 bits per heavy atom. The largest absolute Gasteiger partial charge is 0.326 e. The van der Waals surface area contributed by atoms with Gasteiger partial charge in [-0.25, -0.2) is 4.79 Å².